The number of rotatable bonds is 10. The van der Waals surface area contributed by atoms with E-state index < -0.39 is 7.60 Å². The zero-order valence-corrected chi connectivity index (χ0v) is 15.6. The van der Waals surface area contributed by atoms with Gasteiger partial charge in [0.25, 0.3) is 0 Å². The minimum atomic E-state index is -3.84. The average Bonchev–Trinajstić information content (AvgIpc) is 2.80. The van der Waals surface area contributed by atoms with E-state index in [-0.39, 0.29) is 23.1 Å². The highest BCUT2D eigenvalue weighted by atomic mass is 79.9. The highest BCUT2D eigenvalue weighted by Crippen LogP contribution is 2.34. The van der Waals surface area contributed by atoms with E-state index in [1.54, 1.807) is 0 Å². The molecule has 0 amide bonds. The maximum absolute atomic E-state index is 10.8. The summed E-state index contributed by atoms with van der Waals surface area (Å²) in [7, 11) is -3.84. The predicted molar refractivity (Wildman–Crippen MR) is 82.3 cm³/mol. The lowest BCUT2D eigenvalue weighted by molar-refractivity contribution is -0.00000967. The van der Waals surface area contributed by atoms with E-state index in [4.69, 9.17) is 9.79 Å². The fourth-order valence-electron chi connectivity index (χ4n) is 2.51. The van der Waals surface area contributed by atoms with Crippen molar-refractivity contribution in [1.82, 2.24) is 9.80 Å². The zero-order valence-electron chi connectivity index (χ0n) is 13.1. The number of halogens is 1. The van der Waals surface area contributed by atoms with Crippen LogP contribution in [0.3, 0.4) is 0 Å². The van der Waals surface area contributed by atoms with Crippen molar-refractivity contribution in [3.05, 3.63) is 12.4 Å². The highest BCUT2D eigenvalue weighted by molar-refractivity contribution is 7.51. The second kappa shape index (κ2) is 10.7. The van der Waals surface area contributed by atoms with Gasteiger partial charge in [-0.05, 0) is 18.8 Å². The van der Waals surface area contributed by atoms with Gasteiger partial charge >= 0.3 is 7.60 Å². The Kier molecular flexibility index (Phi) is 10.6. The molecule has 1 atom stereocenters. The van der Waals surface area contributed by atoms with Crippen molar-refractivity contribution in [3.8, 4) is 0 Å². The molecule has 0 bridgehead atoms. The van der Waals surface area contributed by atoms with Crippen molar-refractivity contribution in [1.29, 1.82) is 0 Å². The van der Waals surface area contributed by atoms with Crippen LogP contribution in [0, 0.1) is 5.92 Å². The molecule has 0 aromatic heterocycles. The van der Waals surface area contributed by atoms with E-state index in [2.05, 4.69) is 29.8 Å². The van der Waals surface area contributed by atoms with Crippen LogP contribution < -0.4 is 17.0 Å². The lowest BCUT2D eigenvalue weighted by Gasteiger charge is -2.25. The molecule has 0 aromatic rings. The monoisotopic (exact) mass is 383 g/mol. The summed E-state index contributed by atoms with van der Waals surface area (Å²) < 4.78 is 10.8. The van der Waals surface area contributed by atoms with Crippen LogP contribution in [0.2, 0.25) is 0 Å². The Bertz CT molecular complexity index is 349. The second-order valence-electron chi connectivity index (χ2n) is 5.68. The van der Waals surface area contributed by atoms with E-state index in [0.29, 0.717) is 13.0 Å². The Labute approximate surface area is 139 Å². The topological polar surface area (TPSA) is 64.0 Å². The number of unbranched alkanes of at least 4 members (excludes halogenated alkanes) is 1. The van der Waals surface area contributed by atoms with Crippen molar-refractivity contribution in [2.24, 2.45) is 5.92 Å². The molecule has 7 heteroatoms. The van der Waals surface area contributed by atoms with Crippen molar-refractivity contribution in [2.45, 2.75) is 46.0 Å². The van der Waals surface area contributed by atoms with Gasteiger partial charge in [0.15, 0.2) is 0 Å². The normalized spacial score (nSPS) is 16.2. The lowest BCUT2D eigenvalue weighted by Crippen LogP contribution is -3.00. The summed E-state index contributed by atoms with van der Waals surface area (Å²) in [6.45, 7) is 7.12. The molecule has 1 aliphatic rings. The molecule has 0 saturated heterocycles. The van der Waals surface area contributed by atoms with Gasteiger partial charge in [-0.15, -0.1) is 0 Å². The van der Waals surface area contributed by atoms with Gasteiger partial charge in [0, 0.05) is 25.5 Å². The summed E-state index contributed by atoms with van der Waals surface area (Å²) in [5.74, 6) is 0.745. The molecule has 5 nitrogen and oxygen atoms in total. The van der Waals surface area contributed by atoms with Crippen LogP contribution in [0.25, 0.3) is 0 Å². The smallest absolute Gasteiger partial charge is 0.325 e. The third-order valence-corrected chi connectivity index (χ3v) is 4.68. The number of hydrogen-bond acceptors (Lipinski definition) is 3. The average molecular weight is 384 g/mol. The molecule has 2 N–H and O–H groups in total. The van der Waals surface area contributed by atoms with Gasteiger partial charge in [-0.1, -0.05) is 33.1 Å². The molecule has 0 aromatic carbocycles. The first-order valence-corrected chi connectivity index (χ1v) is 9.45. The van der Waals surface area contributed by atoms with E-state index in [0.717, 1.165) is 19.1 Å². The van der Waals surface area contributed by atoms with Crippen LogP contribution in [0.15, 0.2) is 12.4 Å². The van der Waals surface area contributed by atoms with Gasteiger partial charge in [0.2, 0.25) is 0 Å². The number of hydrogen-bond donors (Lipinski definition) is 2. The Morgan fingerprint density at radius 3 is 2.43 bits per heavy atom. The van der Waals surface area contributed by atoms with Gasteiger partial charge in [-0.3, -0.25) is 4.57 Å². The molecule has 0 aliphatic carbocycles. The van der Waals surface area contributed by atoms with E-state index >= 15 is 0 Å². The molecule has 0 fully saturated rings. The maximum Gasteiger partial charge on any atom is 0.325 e. The molecule has 1 unspecified atom stereocenters. The molecular weight excluding hydrogens is 355 g/mol. The SMILES string of the molecule is CCCCC(CC)CN1C=CN(CCCP(=O)(O)O)C1.[Br-]. The fourth-order valence-corrected chi connectivity index (χ4v) is 3.06. The van der Waals surface area contributed by atoms with Crippen LogP contribution in [-0.2, 0) is 4.57 Å². The Morgan fingerprint density at radius 1 is 1.19 bits per heavy atom. The van der Waals surface area contributed by atoms with Crippen LogP contribution >= 0.6 is 7.60 Å². The minimum absolute atomic E-state index is 0. The third kappa shape index (κ3) is 9.56. The van der Waals surface area contributed by atoms with Crippen molar-refractivity contribution in [3.63, 3.8) is 0 Å². The maximum atomic E-state index is 10.8. The van der Waals surface area contributed by atoms with E-state index in [1.165, 1.54) is 25.7 Å². The predicted octanol–water partition coefficient (Wildman–Crippen LogP) is -0.179. The quantitative estimate of drug-likeness (QED) is 0.512. The third-order valence-electron chi connectivity index (χ3n) is 3.78. The standard InChI is InChI=1S/C14H29N2O3P.BrH/c1-3-5-7-14(4-2)12-16-10-9-15(13-16)8-6-11-20(17,18)19;/h9-10,14H,3-8,11-13H2,1-2H3,(H2,17,18,19);1H/p-1. The van der Waals surface area contributed by atoms with Gasteiger partial charge in [0.1, 0.15) is 0 Å². The number of nitrogens with zero attached hydrogens (tertiary/aromatic N) is 2. The second-order valence-corrected chi connectivity index (χ2v) is 7.46. The Hall–Kier alpha value is -0.0300. The summed E-state index contributed by atoms with van der Waals surface area (Å²) in [4.78, 5) is 22.1. The first-order valence-electron chi connectivity index (χ1n) is 7.65. The highest BCUT2D eigenvalue weighted by Gasteiger charge is 2.17. The van der Waals surface area contributed by atoms with Gasteiger partial charge in [-0.25, -0.2) is 0 Å². The molecule has 21 heavy (non-hydrogen) atoms. The molecule has 0 saturated carbocycles. The van der Waals surface area contributed by atoms with E-state index in [9.17, 15) is 4.57 Å². The van der Waals surface area contributed by atoms with Crippen molar-refractivity contribution < 1.29 is 31.3 Å². The van der Waals surface area contributed by atoms with Crippen LogP contribution in [-0.4, -0.2) is 45.5 Å². The van der Waals surface area contributed by atoms with Crippen molar-refractivity contribution >= 4 is 7.60 Å². The summed E-state index contributed by atoms with van der Waals surface area (Å²) in [6, 6.07) is 0. The molecule has 126 valence electrons. The minimum Gasteiger partial charge on any atom is -1.00 e. The zero-order chi connectivity index (χ0) is 15.0. The van der Waals surface area contributed by atoms with Gasteiger partial charge in [0.05, 0.1) is 12.8 Å². The van der Waals surface area contributed by atoms with Gasteiger partial charge < -0.3 is 36.6 Å². The van der Waals surface area contributed by atoms with Crippen LogP contribution in [0.4, 0.5) is 0 Å². The molecule has 1 rings (SSSR count). The summed E-state index contributed by atoms with van der Waals surface area (Å²) >= 11 is 0. The summed E-state index contributed by atoms with van der Waals surface area (Å²) in [6.07, 6.45) is 9.69. The molecular formula is C14H29BrN2O3P-. The molecule has 0 radical (unpaired) electrons. The van der Waals surface area contributed by atoms with Crippen molar-refractivity contribution in [2.75, 3.05) is 25.9 Å². The lowest BCUT2D eigenvalue weighted by atomic mass is 9.99. The molecule has 1 heterocycles. The van der Waals surface area contributed by atoms with Gasteiger partial charge in [-0.2, -0.15) is 0 Å². The summed E-state index contributed by atoms with van der Waals surface area (Å²) in [5, 5.41) is 0. The Morgan fingerprint density at radius 2 is 1.86 bits per heavy atom. The van der Waals surface area contributed by atoms with Crippen LogP contribution in [0.5, 0.6) is 0 Å². The van der Waals surface area contributed by atoms with E-state index in [1.807, 2.05) is 6.20 Å². The Balaban J connectivity index is 0.00000400. The molecule has 0 spiro atoms. The first-order chi connectivity index (χ1) is 9.44. The molecule has 1 aliphatic heterocycles. The van der Waals surface area contributed by atoms with Crippen LogP contribution in [0.1, 0.15) is 46.0 Å². The summed E-state index contributed by atoms with van der Waals surface area (Å²) in [5.41, 5.74) is 0. The first kappa shape index (κ1) is 21.0. The fraction of sp³-hybridized carbons (Fsp3) is 0.857. The largest absolute Gasteiger partial charge is 1.00 e.